The van der Waals surface area contributed by atoms with Crippen molar-refractivity contribution < 1.29 is 13.9 Å². The van der Waals surface area contributed by atoms with E-state index in [-0.39, 0.29) is 0 Å². The highest BCUT2D eigenvalue weighted by Gasteiger charge is 2.09. The molecule has 0 aliphatic heterocycles. The van der Waals surface area contributed by atoms with Crippen molar-refractivity contribution in [1.29, 1.82) is 0 Å². The number of aryl methyl sites for hydroxylation is 1. The Labute approximate surface area is 121 Å². The minimum absolute atomic E-state index is 0.434. The fourth-order valence-corrected chi connectivity index (χ4v) is 2.06. The Hall–Kier alpha value is -2.75. The average molecular weight is 282 g/mol. The number of rotatable bonds is 3. The van der Waals surface area contributed by atoms with Gasteiger partial charge in [0.1, 0.15) is 22.8 Å². The summed E-state index contributed by atoms with van der Waals surface area (Å²) in [6.07, 6.45) is 0. The lowest BCUT2D eigenvalue weighted by atomic mass is 10.2. The highest BCUT2D eigenvalue weighted by atomic mass is 16.5. The van der Waals surface area contributed by atoms with Crippen LogP contribution in [0.4, 0.5) is 0 Å². The van der Waals surface area contributed by atoms with Crippen LogP contribution in [-0.4, -0.2) is 7.11 Å². The van der Waals surface area contributed by atoms with Gasteiger partial charge in [0, 0.05) is 6.07 Å². The van der Waals surface area contributed by atoms with Crippen LogP contribution in [0, 0.1) is 6.92 Å². The molecule has 2 aromatic carbocycles. The van der Waals surface area contributed by atoms with Crippen molar-refractivity contribution in [2.75, 3.05) is 7.11 Å². The van der Waals surface area contributed by atoms with E-state index in [1.54, 1.807) is 25.3 Å². The summed E-state index contributed by atoms with van der Waals surface area (Å²) in [4.78, 5) is 11.7. The summed E-state index contributed by atoms with van der Waals surface area (Å²) in [6.45, 7) is 2.00. The Bertz CT molecular complexity index is 832. The first-order chi connectivity index (χ1) is 10.2. The smallest absolute Gasteiger partial charge is 0.339 e. The molecule has 0 N–H and O–H groups in total. The zero-order valence-corrected chi connectivity index (χ0v) is 11.8. The zero-order chi connectivity index (χ0) is 14.8. The molecule has 0 bridgehead atoms. The molecule has 3 rings (SSSR count). The van der Waals surface area contributed by atoms with Crippen LogP contribution >= 0.6 is 0 Å². The molecule has 0 saturated carbocycles. The topological polar surface area (TPSA) is 48.7 Å². The lowest BCUT2D eigenvalue weighted by Gasteiger charge is -2.09. The number of ether oxygens (including phenoxy) is 2. The van der Waals surface area contributed by atoms with Gasteiger partial charge in [0.25, 0.3) is 0 Å². The van der Waals surface area contributed by atoms with Crippen LogP contribution in [0.25, 0.3) is 11.0 Å². The Morgan fingerprint density at radius 1 is 0.952 bits per heavy atom. The van der Waals surface area contributed by atoms with Gasteiger partial charge in [-0.2, -0.15) is 0 Å². The summed E-state index contributed by atoms with van der Waals surface area (Å²) >= 11 is 0. The van der Waals surface area contributed by atoms with Crippen LogP contribution < -0.4 is 15.1 Å². The van der Waals surface area contributed by atoms with Gasteiger partial charge in [-0.3, -0.25) is 0 Å². The first-order valence-corrected chi connectivity index (χ1v) is 6.52. The molecular formula is C17H14O4. The summed E-state index contributed by atoms with van der Waals surface area (Å²) < 4.78 is 16.1. The second kappa shape index (κ2) is 5.32. The Kier molecular flexibility index (Phi) is 3.36. The first kappa shape index (κ1) is 13.2. The third-order valence-electron chi connectivity index (χ3n) is 3.16. The van der Waals surface area contributed by atoms with Crippen LogP contribution in [0.2, 0.25) is 0 Å². The van der Waals surface area contributed by atoms with E-state index in [1.807, 2.05) is 31.2 Å². The van der Waals surface area contributed by atoms with Crippen molar-refractivity contribution >= 4 is 11.0 Å². The largest absolute Gasteiger partial charge is 0.497 e. The van der Waals surface area contributed by atoms with E-state index in [0.717, 1.165) is 10.9 Å². The van der Waals surface area contributed by atoms with Gasteiger partial charge >= 0.3 is 5.63 Å². The van der Waals surface area contributed by atoms with E-state index >= 15 is 0 Å². The number of fused-ring (bicyclic) bond motifs is 1. The lowest BCUT2D eigenvalue weighted by Crippen LogP contribution is -1.99. The van der Waals surface area contributed by atoms with Crippen molar-refractivity contribution in [2.24, 2.45) is 0 Å². The minimum atomic E-state index is -0.460. The van der Waals surface area contributed by atoms with Crippen molar-refractivity contribution in [3.05, 3.63) is 64.5 Å². The maximum atomic E-state index is 11.7. The predicted octanol–water partition coefficient (Wildman–Crippen LogP) is 3.90. The van der Waals surface area contributed by atoms with Crippen molar-refractivity contribution in [3.8, 4) is 17.2 Å². The van der Waals surface area contributed by atoms with Gasteiger partial charge in [-0.25, -0.2) is 4.79 Å². The third kappa shape index (κ3) is 2.74. The van der Waals surface area contributed by atoms with Crippen LogP contribution in [-0.2, 0) is 0 Å². The molecule has 0 aliphatic carbocycles. The van der Waals surface area contributed by atoms with Crippen LogP contribution in [0.5, 0.6) is 17.2 Å². The molecule has 0 fully saturated rings. The molecule has 0 spiro atoms. The average Bonchev–Trinajstić information content (AvgIpc) is 2.48. The van der Waals surface area contributed by atoms with Gasteiger partial charge in [-0.1, -0.05) is 17.7 Å². The number of hydrogen-bond acceptors (Lipinski definition) is 4. The SMILES string of the molecule is COc1ccc2c(Oc3ccc(C)cc3)cc(=O)oc2c1. The summed E-state index contributed by atoms with van der Waals surface area (Å²) in [5, 5.41) is 0.718. The Morgan fingerprint density at radius 3 is 2.38 bits per heavy atom. The lowest BCUT2D eigenvalue weighted by molar-refractivity contribution is 0.413. The maximum Gasteiger partial charge on any atom is 0.339 e. The summed E-state index contributed by atoms with van der Waals surface area (Å²) in [7, 11) is 1.56. The van der Waals surface area contributed by atoms with Crippen molar-refractivity contribution in [3.63, 3.8) is 0 Å². The molecule has 0 radical (unpaired) electrons. The highest BCUT2D eigenvalue weighted by Crippen LogP contribution is 2.30. The maximum absolute atomic E-state index is 11.7. The Balaban J connectivity index is 2.09. The fourth-order valence-electron chi connectivity index (χ4n) is 2.06. The molecule has 1 aromatic heterocycles. The van der Waals surface area contributed by atoms with Gasteiger partial charge < -0.3 is 13.9 Å². The quantitative estimate of drug-likeness (QED) is 0.683. The van der Waals surface area contributed by atoms with E-state index in [4.69, 9.17) is 13.9 Å². The van der Waals surface area contributed by atoms with E-state index in [2.05, 4.69) is 0 Å². The van der Waals surface area contributed by atoms with Gasteiger partial charge in [-0.15, -0.1) is 0 Å². The molecule has 0 atom stereocenters. The molecule has 0 unspecified atom stereocenters. The molecular weight excluding hydrogens is 268 g/mol. The normalized spacial score (nSPS) is 10.6. The molecule has 4 heteroatoms. The second-order valence-corrected chi connectivity index (χ2v) is 4.71. The molecule has 1 heterocycles. The second-order valence-electron chi connectivity index (χ2n) is 4.71. The molecule has 0 amide bonds. The first-order valence-electron chi connectivity index (χ1n) is 6.52. The molecule has 4 nitrogen and oxygen atoms in total. The molecule has 3 aromatic rings. The predicted molar refractivity (Wildman–Crippen MR) is 80.3 cm³/mol. The zero-order valence-electron chi connectivity index (χ0n) is 11.8. The van der Waals surface area contributed by atoms with Crippen LogP contribution in [0.3, 0.4) is 0 Å². The number of hydrogen-bond donors (Lipinski definition) is 0. The summed E-state index contributed by atoms with van der Waals surface area (Å²) in [5.41, 5.74) is 1.12. The molecule has 21 heavy (non-hydrogen) atoms. The highest BCUT2D eigenvalue weighted by molar-refractivity contribution is 5.84. The van der Waals surface area contributed by atoms with Crippen LogP contribution in [0.15, 0.2) is 57.7 Å². The monoisotopic (exact) mass is 282 g/mol. The van der Waals surface area contributed by atoms with E-state index in [0.29, 0.717) is 22.8 Å². The molecule has 0 aliphatic rings. The fraction of sp³-hybridized carbons (Fsp3) is 0.118. The third-order valence-corrected chi connectivity index (χ3v) is 3.16. The summed E-state index contributed by atoms with van der Waals surface area (Å²) in [5.74, 6) is 1.76. The van der Waals surface area contributed by atoms with E-state index < -0.39 is 5.63 Å². The van der Waals surface area contributed by atoms with Gasteiger partial charge in [0.05, 0.1) is 18.6 Å². The van der Waals surface area contributed by atoms with Gasteiger partial charge in [0.2, 0.25) is 0 Å². The minimum Gasteiger partial charge on any atom is -0.497 e. The van der Waals surface area contributed by atoms with Gasteiger partial charge in [-0.05, 0) is 31.2 Å². The van der Waals surface area contributed by atoms with Gasteiger partial charge in [0.15, 0.2) is 0 Å². The molecule has 106 valence electrons. The van der Waals surface area contributed by atoms with E-state index in [9.17, 15) is 4.79 Å². The van der Waals surface area contributed by atoms with Crippen molar-refractivity contribution in [1.82, 2.24) is 0 Å². The number of benzene rings is 2. The van der Waals surface area contributed by atoms with E-state index in [1.165, 1.54) is 6.07 Å². The summed E-state index contributed by atoms with van der Waals surface area (Å²) in [6, 6.07) is 14.2. The number of methoxy groups -OCH3 is 1. The molecule has 0 saturated heterocycles. The van der Waals surface area contributed by atoms with Crippen molar-refractivity contribution in [2.45, 2.75) is 6.92 Å². The van der Waals surface area contributed by atoms with Crippen LogP contribution in [0.1, 0.15) is 5.56 Å². The standard InChI is InChI=1S/C17H14O4/c1-11-3-5-12(6-4-11)20-16-10-17(18)21-15-9-13(19-2)7-8-14(15)16/h3-10H,1-2H3. The Morgan fingerprint density at radius 2 is 1.67 bits per heavy atom.